The molecule has 0 fully saturated rings. The van der Waals surface area contributed by atoms with Gasteiger partial charge < -0.3 is 0 Å². The van der Waals surface area contributed by atoms with Crippen molar-refractivity contribution >= 4 is 19.6 Å². The molecule has 0 aliphatic rings. The molecule has 1 heteroatoms. The molecule has 1 aromatic carbocycles. The molecule has 0 saturated heterocycles. The summed E-state index contributed by atoms with van der Waals surface area (Å²) in [7, 11) is 0. The van der Waals surface area contributed by atoms with E-state index < -0.39 is 0 Å². The maximum Gasteiger partial charge on any atom is -0.0204 e. The summed E-state index contributed by atoms with van der Waals surface area (Å²) in [6.45, 7) is 10.1. The van der Waals surface area contributed by atoms with Gasteiger partial charge in [0.1, 0.15) is 0 Å². The molecule has 0 nitrogen and oxygen atoms in total. The predicted molar refractivity (Wildman–Crippen MR) is 61.1 cm³/mol. The van der Waals surface area contributed by atoms with Crippen LogP contribution >= 0.6 is 13.5 Å². The maximum absolute atomic E-state index is 3.78. The summed E-state index contributed by atoms with van der Waals surface area (Å²) in [6, 6.07) is 4.37. The van der Waals surface area contributed by atoms with Crippen molar-refractivity contribution in [3.63, 3.8) is 0 Å². The molecule has 0 aromatic heterocycles. The van der Waals surface area contributed by atoms with Gasteiger partial charge in [0.2, 0.25) is 0 Å². The van der Waals surface area contributed by atoms with E-state index in [-0.39, 0.29) is 13.5 Å². The Morgan fingerprint density at radius 2 is 1.50 bits per heavy atom. The minimum absolute atomic E-state index is 0. The normalized spacial score (nSPS) is 8.92. The zero-order valence-electron chi connectivity index (χ0n) is 7.94. The van der Waals surface area contributed by atoms with Crippen LogP contribution in [0.25, 0.3) is 6.08 Å². The third-order valence-electron chi connectivity index (χ3n) is 1.94. The fourth-order valence-corrected chi connectivity index (χ4v) is 1.51. The summed E-state index contributed by atoms with van der Waals surface area (Å²) in [6.07, 6.45) is 1.92. The largest absolute Gasteiger partial charge is 0.197 e. The molecule has 0 amide bonds. The van der Waals surface area contributed by atoms with Gasteiger partial charge in [-0.2, -0.15) is 13.5 Å². The summed E-state index contributed by atoms with van der Waals surface area (Å²) in [4.78, 5) is 0. The van der Waals surface area contributed by atoms with Gasteiger partial charge in [0.05, 0.1) is 0 Å². The second kappa shape index (κ2) is 4.36. The highest BCUT2D eigenvalue weighted by atomic mass is 32.1. The van der Waals surface area contributed by atoms with Crippen LogP contribution in [0.15, 0.2) is 18.7 Å². The van der Waals surface area contributed by atoms with Crippen LogP contribution < -0.4 is 0 Å². The highest BCUT2D eigenvalue weighted by Crippen LogP contribution is 2.16. The van der Waals surface area contributed by atoms with E-state index >= 15 is 0 Å². The zero-order valence-corrected chi connectivity index (χ0v) is 8.94. The molecule has 0 bridgehead atoms. The van der Waals surface area contributed by atoms with Crippen LogP contribution in [0.1, 0.15) is 22.3 Å². The van der Waals surface area contributed by atoms with E-state index in [0.717, 1.165) is 0 Å². The molecule has 12 heavy (non-hydrogen) atoms. The van der Waals surface area contributed by atoms with Crippen molar-refractivity contribution in [3.8, 4) is 0 Å². The van der Waals surface area contributed by atoms with Gasteiger partial charge in [-0.1, -0.05) is 30.4 Å². The van der Waals surface area contributed by atoms with Crippen LogP contribution in [0.5, 0.6) is 0 Å². The molecule has 0 radical (unpaired) electrons. The molecule has 0 N–H and O–H groups in total. The highest BCUT2D eigenvalue weighted by molar-refractivity contribution is 7.59. The highest BCUT2D eigenvalue weighted by Gasteiger charge is 1.97. The number of hydrogen-bond donors (Lipinski definition) is 0. The second-order valence-corrected chi connectivity index (χ2v) is 3.02. The number of aryl methyl sites for hydroxylation is 3. The lowest BCUT2D eigenvalue weighted by atomic mass is 10.0. The Labute approximate surface area is 81.8 Å². The molecule has 0 heterocycles. The molecule has 0 atom stereocenters. The van der Waals surface area contributed by atoms with E-state index in [1.54, 1.807) is 0 Å². The topological polar surface area (TPSA) is 0 Å². The molecule has 0 saturated carbocycles. The van der Waals surface area contributed by atoms with Gasteiger partial charge in [-0.25, -0.2) is 0 Å². The van der Waals surface area contributed by atoms with Gasteiger partial charge in [0.15, 0.2) is 0 Å². The minimum atomic E-state index is 0. The molecule has 0 spiro atoms. The Hall–Kier alpha value is -0.690. The van der Waals surface area contributed by atoms with E-state index in [0.29, 0.717) is 0 Å². The Bertz CT molecular complexity index is 264. The summed E-state index contributed by atoms with van der Waals surface area (Å²) < 4.78 is 0. The number of rotatable bonds is 1. The van der Waals surface area contributed by atoms with Crippen molar-refractivity contribution < 1.29 is 0 Å². The lowest BCUT2D eigenvalue weighted by Gasteiger charge is -2.05. The van der Waals surface area contributed by atoms with Crippen LogP contribution in [0.4, 0.5) is 0 Å². The molecule has 0 unspecified atom stereocenters. The summed E-state index contributed by atoms with van der Waals surface area (Å²) in [5, 5.41) is 0. The fourth-order valence-electron chi connectivity index (χ4n) is 1.51. The van der Waals surface area contributed by atoms with Gasteiger partial charge in [0, 0.05) is 0 Å². The quantitative estimate of drug-likeness (QED) is 0.621. The van der Waals surface area contributed by atoms with Gasteiger partial charge >= 0.3 is 0 Å². The Balaban J connectivity index is 0.00000121. The lowest BCUT2D eigenvalue weighted by Crippen LogP contribution is -1.87. The van der Waals surface area contributed by atoms with Gasteiger partial charge in [-0.3, -0.25) is 0 Å². The van der Waals surface area contributed by atoms with E-state index in [9.17, 15) is 0 Å². The third-order valence-corrected chi connectivity index (χ3v) is 1.94. The zero-order chi connectivity index (χ0) is 8.43. The van der Waals surface area contributed by atoms with Crippen LogP contribution in [-0.4, -0.2) is 0 Å². The van der Waals surface area contributed by atoms with Crippen LogP contribution in [0.2, 0.25) is 0 Å². The van der Waals surface area contributed by atoms with E-state index in [1.165, 1.54) is 22.3 Å². The number of benzene rings is 1. The molecule has 0 aliphatic carbocycles. The lowest BCUT2D eigenvalue weighted by molar-refractivity contribution is 1.30. The maximum atomic E-state index is 3.78. The van der Waals surface area contributed by atoms with Crippen molar-refractivity contribution in [1.29, 1.82) is 0 Å². The second-order valence-electron chi connectivity index (χ2n) is 3.02. The standard InChI is InChI=1S/C11H14.H2S/c1-5-11-9(3)6-8(2)7-10(11)4;/h5-7H,1H2,2-4H3;1H2. The van der Waals surface area contributed by atoms with E-state index in [4.69, 9.17) is 0 Å². The van der Waals surface area contributed by atoms with Crippen molar-refractivity contribution in [2.75, 3.05) is 0 Å². The average Bonchev–Trinajstić information content (AvgIpc) is 1.85. The fraction of sp³-hybridized carbons (Fsp3) is 0.273. The Kier molecular flexibility index (Phi) is 4.11. The molecular weight excluding hydrogens is 164 g/mol. The first kappa shape index (κ1) is 11.3. The Morgan fingerprint density at radius 1 is 1.08 bits per heavy atom. The van der Waals surface area contributed by atoms with Gasteiger partial charge in [0.25, 0.3) is 0 Å². The number of hydrogen-bond acceptors (Lipinski definition) is 0. The molecular formula is C11H16S. The first-order chi connectivity index (χ1) is 5.15. The minimum Gasteiger partial charge on any atom is -0.197 e. The van der Waals surface area contributed by atoms with E-state index in [2.05, 4.69) is 39.5 Å². The average molecular weight is 180 g/mol. The summed E-state index contributed by atoms with van der Waals surface area (Å²) in [5.74, 6) is 0. The third kappa shape index (κ3) is 2.15. The van der Waals surface area contributed by atoms with Crippen molar-refractivity contribution in [2.45, 2.75) is 20.8 Å². The molecule has 66 valence electrons. The van der Waals surface area contributed by atoms with E-state index in [1.807, 2.05) is 6.08 Å². The first-order valence-corrected chi connectivity index (χ1v) is 3.85. The first-order valence-electron chi connectivity index (χ1n) is 3.85. The SMILES string of the molecule is C=Cc1c(C)cc(C)cc1C.S. The van der Waals surface area contributed by atoms with Crippen LogP contribution in [0.3, 0.4) is 0 Å². The van der Waals surface area contributed by atoms with Crippen LogP contribution in [0, 0.1) is 20.8 Å². The molecule has 1 rings (SSSR count). The molecule has 1 aromatic rings. The van der Waals surface area contributed by atoms with Crippen molar-refractivity contribution in [3.05, 3.63) is 41.0 Å². The smallest absolute Gasteiger partial charge is 0.0204 e. The van der Waals surface area contributed by atoms with Crippen molar-refractivity contribution in [1.82, 2.24) is 0 Å². The Morgan fingerprint density at radius 3 is 1.83 bits per heavy atom. The summed E-state index contributed by atoms with van der Waals surface area (Å²) >= 11 is 0. The van der Waals surface area contributed by atoms with Crippen molar-refractivity contribution in [2.24, 2.45) is 0 Å². The molecule has 0 aliphatic heterocycles. The van der Waals surface area contributed by atoms with Crippen LogP contribution in [-0.2, 0) is 0 Å². The van der Waals surface area contributed by atoms with Gasteiger partial charge in [-0.15, -0.1) is 0 Å². The monoisotopic (exact) mass is 180 g/mol. The predicted octanol–water partition coefficient (Wildman–Crippen LogP) is 3.37. The summed E-state index contributed by atoms with van der Waals surface area (Å²) in [5.41, 5.74) is 5.23. The van der Waals surface area contributed by atoms with Gasteiger partial charge in [-0.05, 0) is 37.5 Å².